The van der Waals surface area contributed by atoms with Crippen molar-refractivity contribution in [2.75, 3.05) is 13.6 Å². The predicted octanol–water partition coefficient (Wildman–Crippen LogP) is 0.725. The molecular formula is C12H15FN2O3S. The van der Waals surface area contributed by atoms with E-state index in [4.69, 9.17) is 0 Å². The molecule has 0 bridgehead atoms. The Morgan fingerprint density at radius 2 is 2.11 bits per heavy atom. The molecule has 0 unspecified atom stereocenters. The zero-order valence-electron chi connectivity index (χ0n) is 10.5. The molecule has 19 heavy (non-hydrogen) atoms. The Bertz CT molecular complexity index is 588. The molecule has 1 aliphatic rings. The van der Waals surface area contributed by atoms with Gasteiger partial charge in [-0.2, -0.15) is 4.31 Å². The van der Waals surface area contributed by atoms with Crippen LogP contribution in [0.5, 0.6) is 0 Å². The van der Waals surface area contributed by atoms with Gasteiger partial charge in [0.2, 0.25) is 15.9 Å². The van der Waals surface area contributed by atoms with E-state index in [-0.39, 0.29) is 17.3 Å². The smallest absolute Gasteiger partial charge is 0.246 e. The fourth-order valence-corrected chi connectivity index (χ4v) is 3.96. The standard InChI is InChI=1S/C12H15FN2O3S/c1-14-12(16)10-6-4-8-15(10)19(17,18)11-7-3-2-5-9(11)13/h2-3,5,7,10H,4,6,8H2,1H3,(H,14,16)/t10-/m1/s1. The van der Waals surface area contributed by atoms with Crippen LogP contribution in [0.2, 0.25) is 0 Å². The molecule has 0 saturated carbocycles. The van der Waals surface area contributed by atoms with Crippen LogP contribution in [-0.4, -0.2) is 38.3 Å². The minimum Gasteiger partial charge on any atom is -0.358 e. The second-order valence-corrected chi connectivity index (χ2v) is 6.18. The van der Waals surface area contributed by atoms with Gasteiger partial charge in [-0.25, -0.2) is 12.8 Å². The van der Waals surface area contributed by atoms with E-state index in [9.17, 15) is 17.6 Å². The summed E-state index contributed by atoms with van der Waals surface area (Å²) in [5.41, 5.74) is 0. The fraction of sp³-hybridized carbons (Fsp3) is 0.417. The number of hydrogen-bond donors (Lipinski definition) is 1. The number of rotatable bonds is 3. The summed E-state index contributed by atoms with van der Waals surface area (Å²) >= 11 is 0. The van der Waals surface area contributed by atoms with E-state index in [1.54, 1.807) is 0 Å². The molecule has 1 saturated heterocycles. The topological polar surface area (TPSA) is 66.5 Å². The summed E-state index contributed by atoms with van der Waals surface area (Å²) in [7, 11) is -2.52. The van der Waals surface area contributed by atoms with Crippen LogP contribution in [0.1, 0.15) is 12.8 Å². The number of nitrogens with one attached hydrogen (secondary N) is 1. The highest BCUT2D eigenvalue weighted by Gasteiger charge is 2.39. The van der Waals surface area contributed by atoms with Crippen LogP contribution >= 0.6 is 0 Å². The molecule has 0 spiro atoms. The molecule has 7 heteroatoms. The molecule has 1 atom stereocenters. The molecule has 2 rings (SSSR count). The van der Waals surface area contributed by atoms with Crippen LogP contribution in [0, 0.1) is 5.82 Å². The van der Waals surface area contributed by atoms with Gasteiger partial charge in [0.25, 0.3) is 0 Å². The normalized spacial score (nSPS) is 20.4. The minimum absolute atomic E-state index is 0.231. The second-order valence-electron chi connectivity index (χ2n) is 4.32. The summed E-state index contributed by atoms with van der Waals surface area (Å²) in [5.74, 6) is -1.16. The first-order valence-corrected chi connectivity index (χ1v) is 7.40. The molecular weight excluding hydrogens is 271 g/mol. The first-order chi connectivity index (χ1) is 8.98. The minimum atomic E-state index is -3.98. The van der Waals surface area contributed by atoms with Crippen molar-refractivity contribution in [3.63, 3.8) is 0 Å². The van der Waals surface area contributed by atoms with Gasteiger partial charge in [0.1, 0.15) is 16.8 Å². The van der Waals surface area contributed by atoms with E-state index in [1.165, 1.54) is 25.2 Å². The molecule has 104 valence electrons. The van der Waals surface area contributed by atoms with Gasteiger partial charge >= 0.3 is 0 Å². The lowest BCUT2D eigenvalue weighted by Crippen LogP contribution is -2.45. The number of nitrogens with zero attached hydrogens (tertiary/aromatic N) is 1. The van der Waals surface area contributed by atoms with E-state index < -0.39 is 21.9 Å². The molecule has 1 amide bonds. The van der Waals surface area contributed by atoms with Gasteiger partial charge < -0.3 is 5.32 Å². The summed E-state index contributed by atoms with van der Waals surface area (Å²) in [6.07, 6.45) is 1.04. The largest absolute Gasteiger partial charge is 0.358 e. The van der Waals surface area contributed by atoms with Gasteiger partial charge in [0.05, 0.1) is 0 Å². The van der Waals surface area contributed by atoms with Crippen molar-refractivity contribution in [3.05, 3.63) is 30.1 Å². The van der Waals surface area contributed by atoms with Crippen molar-refractivity contribution < 1.29 is 17.6 Å². The SMILES string of the molecule is CNC(=O)[C@H]1CCCN1S(=O)(=O)c1ccccc1F. The molecule has 0 aliphatic carbocycles. The number of likely N-dealkylation sites (N-methyl/N-ethyl adjacent to an activating group) is 1. The highest BCUT2D eigenvalue weighted by molar-refractivity contribution is 7.89. The van der Waals surface area contributed by atoms with Gasteiger partial charge in [-0.1, -0.05) is 12.1 Å². The lowest BCUT2D eigenvalue weighted by molar-refractivity contribution is -0.123. The number of hydrogen-bond acceptors (Lipinski definition) is 3. The molecule has 1 N–H and O–H groups in total. The third-order valence-corrected chi connectivity index (χ3v) is 5.12. The highest BCUT2D eigenvalue weighted by Crippen LogP contribution is 2.27. The lowest BCUT2D eigenvalue weighted by atomic mass is 10.2. The summed E-state index contributed by atoms with van der Waals surface area (Å²) < 4.78 is 39.5. The van der Waals surface area contributed by atoms with Crippen molar-refractivity contribution in [2.45, 2.75) is 23.8 Å². The van der Waals surface area contributed by atoms with E-state index >= 15 is 0 Å². The molecule has 1 aromatic carbocycles. The van der Waals surface area contributed by atoms with Crippen LogP contribution in [-0.2, 0) is 14.8 Å². The Kier molecular flexibility index (Phi) is 3.86. The zero-order valence-corrected chi connectivity index (χ0v) is 11.3. The van der Waals surface area contributed by atoms with Crippen LogP contribution in [0.3, 0.4) is 0 Å². The van der Waals surface area contributed by atoms with Crippen LogP contribution in [0.4, 0.5) is 4.39 Å². The van der Waals surface area contributed by atoms with Crippen molar-refractivity contribution in [2.24, 2.45) is 0 Å². The molecule has 5 nitrogen and oxygen atoms in total. The van der Waals surface area contributed by atoms with Gasteiger partial charge in [-0.05, 0) is 25.0 Å². The van der Waals surface area contributed by atoms with E-state index in [0.29, 0.717) is 12.8 Å². The Labute approximate surface area is 111 Å². The number of carbonyl (C=O) groups is 1. The predicted molar refractivity (Wildman–Crippen MR) is 67.4 cm³/mol. The van der Waals surface area contributed by atoms with E-state index in [2.05, 4.69) is 5.32 Å². The summed E-state index contributed by atoms with van der Waals surface area (Å²) in [6.45, 7) is 0.231. The van der Waals surface area contributed by atoms with Crippen molar-refractivity contribution >= 4 is 15.9 Å². The van der Waals surface area contributed by atoms with Crippen molar-refractivity contribution in [3.8, 4) is 0 Å². The Hall–Kier alpha value is -1.47. The monoisotopic (exact) mass is 286 g/mol. The quantitative estimate of drug-likeness (QED) is 0.890. The zero-order chi connectivity index (χ0) is 14.0. The maximum absolute atomic E-state index is 13.6. The lowest BCUT2D eigenvalue weighted by Gasteiger charge is -2.22. The number of halogens is 1. The average molecular weight is 286 g/mol. The van der Waals surface area contributed by atoms with Gasteiger partial charge in [-0.3, -0.25) is 4.79 Å². The first-order valence-electron chi connectivity index (χ1n) is 5.96. The number of sulfonamides is 1. The third-order valence-electron chi connectivity index (χ3n) is 3.18. The fourth-order valence-electron chi connectivity index (χ4n) is 2.24. The summed E-state index contributed by atoms with van der Waals surface area (Å²) in [4.78, 5) is 11.3. The maximum atomic E-state index is 13.6. The molecule has 1 aliphatic heterocycles. The van der Waals surface area contributed by atoms with Gasteiger partial charge in [0, 0.05) is 13.6 Å². The Balaban J connectivity index is 2.40. The van der Waals surface area contributed by atoms with E-state index in [1.807, 2.05) is 0 Å². The third kappa shape index (κ3) is 2.48. The van der Waals surface area contributed by atoms with E-state index in [0.717, 1.165) is 10.4 Å². The average Bonchev–Trinajstić information content (AvgIpc) is 2.88. The van der Waals surface area contributed by atoms with Gasteiger partial charge in [0.15, 0.2) is 0 Å². The molecule has 1 aromatic rings. The van der Waals surface area contributed by atoms with Crippen LogP contribution in [0.15, 0.2) is 29.2 Å². The Morgan fingerprint density at radius 3 is 2.74 bits per heavy atom. The molecule has 1 heterocycles. The first kappa shape index (κ1) is 14.0. The summed E-state index contributed by atoms with van der Waals surface area (Å²) in [5, 5.41) is 2.44. The molecule has 0 aromatic heterocycles. The van der Waals surface area contributed by atoms with Crippen molar-refractivity contribution in [1.29, 1.82) is 0 Å². The van der Waals surface area contributed by atoms with Crippen LogP contribution in [0.25, 0.3) is 0 Å². The summed E-state index contributed by atoms with van der Waals surface area (Å²) in [6, 6.07) is 4.44. The van der Waals surface area contributed by atoms with Gasteiger partial charge in [-0.15, -0.1) is 0 Å². The number of amides is 1. The maximum Gasteiger partial charge on any atom is 0.246 e. The highest BCUT2D eigenvalue weighted by atomic mass is 32.2. The van der Waals surface area contributed by atoms with Crippen LogP contribution < -0.4 is 5.32 Å². The number of benzene rings is 1. The Morgan fingerprint density at radius 1 is 1.42 bits per heavy atom. The second kappa shape index (κ2) is 5.26. The molecule has 0 radical (unpaired) electrons. The number of carbonyl (C=O) groups excluding carboxylic acids is 1. The van der Waals surface area contributed by atoms with Crippen molar-refractivity contribution in [1.82, 2.24) is 9.62 Å². The molecule has 1 fully saturated rings.